The Morgan fingerprint density at radius 3 is 2.89 bits per heavy atom. The van der Waals surface area contributed by atoms with Crippen LogP contribution in [-0.2, 0) is 0 Å². The van der Waals surface area contributed by atoms with Gasteiger partial charge < -0.3 is 10.1 Å². The lowest BCUT2D eigenvalue weighted by Crippen LogP contribution is -1.99. The fourth-order valence-corrected chi connectivity index (χ4v) is 1.62. The summed E-state index contributed by atoms with van der Waals surface area (Å²) in [5, 5.41) is 14.0. The van der Waals surface area contributed by atoms with Crippen molar-refractivity contribution in [3.05, 3.63) is 52.8 Å². The zero-order chi connectivity index (χ0) is 13.7. The van der Waals surface area contributed by atoms with E-state index in [1.54, 1.807) is 36.7 Å². The SMILES string of the molecule is CCOc1ccc([N+](=O)[O-])c(Nc2cccnc2)c1. The number of nitrogens with zero attached hydrogens (tertiary/aromatic N) is 2. The van der Waals surface area contributed by atoms with Crippen LogP contribution in [0.2, 0.25) is 0 Å². The maximum atomic E-state index is 11.0. The molecule has 0 saturated carbocycles. The third-order valence-corrected chi connectivity index (χ3v) is 2.42. The molecule has 0 fully saturated rings. The number of ether oxygens (including phenoxy) is 1. The highest BCUT2D eigenvalue weighted by Crippen LogP contribution is 2.31. The molecule has 1 aromatic carbocycles. The normalized spacial score (nSPS) is 9.95. The van der Waals surface area contributed by atoms with Crippen molar-refractivity contribution in [3.63, 3.8) is 0 Å². The summed E-state index contributed by atoms with van der Waals surface area (Å²) in [6.07, 6.45) is 3.23. The molecule has 0 saturated heterocycles. The third kappa shape index (κ3) is 3.19. The van der Waals surface area contributed by atoms with E-state index in [0.717, 1.165) is 0 Å². The minimum atomic E-state index is -0.436. The minimum absolute atomic E-state index is 0.00712. The van der Waals surface area contributed by atoms with Gasteiger partial charge in [-0.15, -0.1) is 0 Å². The van der Waals surface area contributed by atoms with Crippen molar-refractivity contribution in [1.82, 2.24) is 4.98 Å². The van der Waals surface area contributed by atoms with Crippen LogP contribution in [0.5, 0.6) is 5.75 Å². The molecule has 1 aromatic heterocycles. The van der Waals surface area contributed by atoms with E-state index in [1.807, 2.05) is 6.92 Å². The molecule has 1 N–H and O–H groups in total. The zero-order valence-electron chi connectivity index (χ0n) is 10.4. The molecule has 0 aliphatic carbocycles. The van der Waals surface area contributed by atoms with E-state index >= 15 is 0 Å². The smallest absolute Gasteiger partial charge is 0.292 e. The van der Waals surface area contributed by atoms with Gasteiger partial charge in [0.05, 0.1) is 23.4 Å². The molecule has 2 aromatic rings. The predicted molar refractivity (Wildman–Crippen MR) is 71.8 cm³/mol. The molecule has 2 rings (SSSR count). The average molecular weight is 259 g/mol. The number of hydrogen-bond acceptors (Lipinski definition) is 5. The average Bonchev–Trinajstić information content (AvgIpc) is 2.40. The Hall–Kier alpha value is -2.63. The first-order valence-corrected chi connectivity index (χ1v) is 5.79. The van der Waals surface area contributed by atoms with Crippen LogP contribution >= 0.6 is 0 Å². The molecule has 0 aliphatic rings. The fourth-order valence-electron chi connectivity index (χ4n) is 1.62. The van der Waals surface area contributed by atoms with Crippen LogP contribution in [0.1, 0.15) is 6.92 Å². The highest BCUT2D eigenvalue weighted by molar-refractivity contribution is 5.70. The first-order chi connectivity index (χ1) is 9.20. The summed E-state index contributed by atoms with van der Waals surface area (Å²) in [7, 11) is 0. The molecular formula is C13H13N3O3. The van der Waals surface area contributed by atoms with Crippen molar-refractivity contribution in [2.75, 3.05) is 11.9 Å². The highest BCUT2D eigenvalue weighted by Gasteiger charge is 2.14. The van der Waals surface area contributed by atoms with E-state index in [1.165, 1.54) is 6.07 Å². The molecule has 6 heteroatoms. The molecule has 0 unspecified atom stereocenters. The van der Waals surface area contributed by atoms with Gasteiger partial charge in [-0.05, 0) is 25.1 Å². The summed E-state index contributed by atoms with van der Waals surface area (Å²) >= 11 is 0. The van der Waals surface area contributed by atoms with Gasteiger partial charge in [0.1, 0.15) is 11.4 Å². The monoisotopic (exact) mass is 259 g/mol. The van der Waals surface area contributed by atoms with E-state index < -0.39 is 4.92 Å². The van der Waals surface area contributed by atoms with Crippen LogP contribution in [0.4, 0.5) is 17.1 Å². The molecule has 0 bridgehead atoms. The van der Waals surface area contributed by atoms with Gasteiger partial charge in [-0.1, -0.05) is 0 Å². The molecule has 0 amide bonds. The van der Waals surface area contributed by atoms with Gasteiger partial charge in [0.15, 0.2) is 0 Å². The summed E-state index contributed by atoms with van der Waals surface area (Å²) in [4.78, 5) is 14.5. The van der Waals surface area contributed by atoms with Gasteiger partial charge >= 0.3 is 0 Å². The topological polar surface area (TPSA) is 77.3 Å². The molecule has 0 atom stereocenters. The van der Waals surface area contributed by atoms with Gasteiger partial charge in [-0.25, -0.2) is 0 Å². The number of pyridine rings is 1. The summed E-state index contributed by atoms with van der Waals surface area (Å²) in [5.41, 5.74) is 1.05. The number of nitro groups is 1. The number of aromatic nitrogens is 1. The van der Waals surface area contributed by atoms with E-state index in [-0.39, 0.29) is 5.69 Å². The summed E-state index contributed by atoms with van der Waals surface area (Å²) in [6, 6.07) is 8.14. The molecule has 98 valence electrons. The molecule has 0 aliphatic heterocycles. The fraction of sp³-hybridized carbons (Fsp3) is 0.154. The summed E-state index contributed by atoms with van der Waals surface area (Å²) in [6.45, 7) is 2.36. The van der Waals surface area contributed by atoms with Gasteiger partial charge in [0.25, 0.3) is 5.69 Å². The first kappa shape index (κ1) is 12.8. The van der Waals surface area contributed by atoms with Crippen molar-refractivity contribution >= 4 is 17.1 Å². The molecule has 1 heterocycles. The lowest BCUT2D eigenvalue weighted by molar-refractivity contribution is -0.383. The largest absolute Gasteiger partial charge is 0.494 e. The maximum Gasteiger partial charge on any atom is 0.292 e. The van der Waals surface area contributed by atoms with E-state index in [0.29, 0.717) is 23.7 Å². The second-order valence-corrected chi connectivity index (χ2v) is 3.74. The van der Waals surface area contributed by atoms with Crippen LogP contribution in [0.15, 0.2) is 42.7 Å². The van der Waals surface area contributed by atoms with Crippen molar-refractivity contribution < 1.29 is 9.66 Å². The molecule has 0 spiro atoms. The number of nitrogens with one attached hydrogen (secondary N) is 1. The van der Waals surface area contributed by atoms with Crippen LogP contribution in [0, 0.1) is 10.1 Å². The summed E-state index contributed by atoms with van der Waals surface area (Å²) < 4.78 is 5.34. The van der Waals surface area contributed by atoms with E-state index in [2.05, 4.69) is 10.3 Å². The second kappa shape index (κ2) is 5.81. The number of rotatable bonds is 5. The Kier molecular flexibility index (Phi) is 3.92. The van der Waals surface area contributed by atoms with Gasteiger partial charge in [0.2, 0.25) is 0 Å². The Labute approximate surface area is 110 Å². The van der Waals surface area contributed by atoms with Gasteiger partial charge in [0, 0.05) is 18.3 Å². The van der Waals surface area contributed by atoms with Gasteiger partial charge in [-0.2, -0.15) is 0 Å². The third-order valence-electron chi connectivity index (χ3n) is 2.42. The number of nitro benzene ring substituents is 1. The van der Waals surface area contributed by atoms with E-state index in [9.17, 15) is 10.1 Å². The van der Waals surface area contributed by atoms with Gasteiger partial charge in [-0.3, -0.25) is 15.1 Å². The number of benzene rings is 1. The second-order valence-electron chi connectivity index (χ2n) is 3.74. The van der Waals surface area contributed by atoms with Crippen LogP contribution in [-0.4, -0.2) is 16.5 Å². The van der Waals surface area contributed by atoms with E-state index in [4.69, 9.17) is 4.74 Å². The van der Waals surface area contributed by atoms with Crippen molar-refractivity contribution in [1.29, 1.82) is 0 Å². The zero-order valence-corrected chi connectivity index (χ0v) is 10.4. The Morgan fingerprint density at radius 1 is 1.42 bits per heavy atom. The molecule has 0 radical (unpaired) electrons. The lowest BCUT2D eigenvalue weighted by Gasteiger charge is -2.09. The predicted octanol–water partition coefficient (Wildman–Crippen LogP) is 3.13. The minimum Gasteiger partial charge on any atom is -0.494 e. The Bertz CT molecular complexity index is 573. The molecule has 6 nitrogen and oxygen atoms in total. The number of hydrogen-bond donors (Lipinski definition) is 1. The first-order valence-electron chi connectivity index (χ1n) is 5.79. The highest BCUT2D eigenvalue weighted by atomic mass is 16.6. The quantitative estimate of drug-likeness (QED) is 0.659. The molecule has 19 heavy (non-hydrogen) atoms. The van der Waals surface area contributed by atoms with Crippen molar-refractivity contribution in [2.45, 2.75) is 6.92 Å². The van der Waals surface area contributed by atoms with Crippen LogP contribution in [0.3, 0.4) is 0 Å². The van der Waals surface area contributed by atoms with Crippen molar-refractivity contribution in [3.8, 4) is 5.75 Å². The Morgan fingerprint density at radius 2 is 2.26 bits per heavy atom. The standard InChI is InChI=1S/C13H13N3O3/c1-2-19-11-5-6-13(16(17)18)12(8-11)15-10-4-3-7-14-9-10/h3-9,15H,2H2,1H3. The maximum absolute atomic E-state index is 11.0. The number of anilines is 2. The lowest BCUT2D eigenvalue weighted by atomic mass is 10.2. The van der Waals surface area contributed by atoms with Crippen molar-refractivity contribution in [2.24, 2.45) is 0 Å². The molecular weight excluding hydrogens is 246 g/mol. The summed E-state index contributed by atoms with van der Waals surface area (Å²) in [5.74, 6) is 0.583. The Balaban J connectivity index is 2.35. The van der Waals surface area contributed by atoms with Crippen LogP contribution in [0.25, 0.3) is 0 Å². The van der Waals surface area contributed by atoms with Crippen LogP contribution < -0.4 is 10.1 Å².